The first kappa shape index (κ1) is 28.2. The number of aryl methyl sites for hydroxylation is 3. The number of ketones is 1. The SMILES string of the molecule is Cc1ccc(C)c(CN2C(=O)C(=O)/C(=C(\O)c3ccc(OC(C)C)c(C)c3)C2c2ccc(C(C)(C)C)cc2)c1. The summed E-state index contributed by atoms with van der Waals surface area (Å²) in [6.07, 6.45) is 0.00891. The summed E-state index contributed by atoms with van der Waals surface area (Å²) in [6, 6.07) is 18.7. The van der Waals surface area contributed by atoms with Crippen molar-refractivity contribution >= 4 is 17.4 Å². The molecule has 1 aliphatic rings. The highest BCUT2D eigenvalue weighted by atomic mass is 16.5. The van der Waals surface area contributed by atoms with Gasteiger partial charge in [0.25, 0.3) is 11.7 Å². The first-order chi connectivity index (χ1) is 18.3. The van der Waals surface area contributed by atoms with Gasteiger partial charge >= 0.3 is 0 Å². The summed E-state index contributed by atoms with van der Waals surface area (Å²) in [5.74, 6) is -0.756. The molecular weight excluding hydrogens is 486 g/mol. The Kier molecular flexibility index (Phi) is 7.74. The summed E-state index contributed by atoms with van der Waals surface area (Å²) in [7, 11) is 0. The predicted octanol–water partition coefficient (Wildman–Crippen LogP) is 7.32. The fraction of sp³-hybridized carbons (Fsp3) is 0.353. The summed E-state index contributed by atoms with van der Waals surface area (Å²) in [5.41, 5.74) is 6.40. The zero-order valence-electron chi connectivity index (χ0n) is 24.3. The van der Waals surface area contributed by atoms with Crippen molar-refractivity contribution in [2.75, 3.05) is 0 Å². The van der Waals surface area contributed by atoms with E-state index in [1.165, 1.54) is 0 Å². The van der Waals surface area contributed by atoms with Gasteiger partial charge < -0.3 is 14.7 Å². The molecule has 1 heterocycles. The van der Waals surface area contributed by atoms with Crippen LogP contribution in [0.3, 0.4) is 0 Å². The van der Waals surface area contributed by atoms with Gasteiger partial charge in [0.05, 0.1) is 17.7 Å². The lowest BCUT2D eigenvalue weighted by atomic mass is 9.85. The highest BCUT2D eigenvalue weighted by molar-refractivity contribution is 6.46. The van der Waals surface area contributed by atoms with E-state index in [0.29, 0.717) is 11.3 Å². The Morgan fingerprint density at radius 3 is 2.18 bits per heavy atom. The van der Waals surface area contributed by atoms with E-state index in [0.717, 1.165) is 33.4 Å². The topological polar surface area (TPSA) is 66.8 Å². The minimum atomic E-state index is -0.717. The minimum Gasteiger partial charge on any atom is -0.507 e. The van der Waals surface area contributed by atoms with Crippen LogP contribution < -0.4 is 4.74 Å². The van der Waals surface area contributed by atoms with Crippen molar-refractivity contribution in [3.8, 4) is 5.75 Å². The Bertz CT molecular complexity index is 1440. The fourth-order valence-corrected chi connectivity index (χ4v) is 5.05. The first-order valence-electron chi connectivity index (χ1n) is 13.5. The van der Waals surface area contributed by atoms with Crippen molar-refractivity contribution in [2.45, 2.75) is 79.5 Å². The van der Waals surface area contributed by atoms with Crippen LogP contribution in [-0.2, 0) is 21.5 Å². The Balaban J connectivity index is 1.86. The van der Waals surface area contributed by atoms with Crippen molar-refractivity contribution in [1.82, 2.24) is 4.90 Å². The monoisotopic (exact) mass is 525 g/mol. The second kappa shape index (κ2) is 10.7. The third-order valence-corrected chi connectivity index (χ3v) is 7.29. The zero-order valence-corrected chi connectivity index (χ0v) is 24.3. The van der Waals surface area contributed by atoms with E-state index in [-0.39, 0.29) is 29.4 Å². The van der Waals surface area contributed by atoms with Gasteiger partial charge in [-0.25, -0.2) is 0 Å². The molecular formula is C34H39NO4. The summed E-state index contributed by atoms with van der Waals surface area (Å²) in [6.45, 7) is 16.5. The van der Waals surface area contributed by atoms with E-state index in [2.05, 4.69) is 20.8 Å². The normalized spacial score (nSPS) is 17.3. The van der Waals surface area contributed by atoms with Gasteiger partial charge in [0.15, 0.2) is 0 Å². The molecule has 0 aliphatic carbocycles. The Morgan fingerprint density at radius 1 is 0.923 bits per heavy atom. The molecule has 3 aromatic carbocycles. The summed E-state index contributed by atoms with van der Waals surface area (Å²) >= 11 is 0. The van der Waals surface area contributed by atoms with Crippen molar-refractivity contribution in [3.63, 3.8) is 0 Å². The second-order valence-corrected chi connectivity index (χ2v) is 11.9. The van der Waals surface area contributed by atoms with Gasteiger partial charge in [0.2, 0.25) is 0 Å². The molecule has 0 radical (unpaired) electrons. The number of carbonyl (C=O) groups is 2. The molecule has 1 amide bonds. The molecule has 1 atom stereocenters. The van der Waals surface area contributed by atoms with Gasteiger partial charge in [-0.05, 0) is 86.1 Å². The number of benzene rings is 3. The maximum Gasteiger partial charge on any atom is 0.295 e. The molecule has 1 unspecified atom stereocenters. The molecule has 0 bridgehead atoms. The third kappa shape index (κ3) is 5.78. The maximum absolute atomic E-state index is 13.5. The van der Waals surface area contributed by atoms with Gasteiger partial charge in [-0.2, -0.15) is 0 Å². The number of hydrogen-bond acceptors (Lipinski definition) is 4. The molecule has 1 saturated heterocycles. The molecule has 4 rings (SSSR count). The minimum absolute atomic E-state index is 0.00891. The van der Waals surface area contributed by atoms with Crippen LogP contribution in [0.1, 0.15) is 79.6 Å². The fourth-order valence-electron chi connectivity index (χ4n) is 5.05. The smallest absolute Gasteiger partial charge is 0.295 e. The van der Waals surface area contributed by atoms with Crippen molar-refractivity contribution < 1.29 is 19.4 Å². The van der Waals surface area contributed by atoms with Gasteiger partial charge in [-0.1, -0.05) is 68.8 Å². The van der Waals surface area contributed by atoms with E-state index < -0.39 is 17.7 Å². The van der Waals surface area contributed by atoms with E-state index in [1.807, 2.05) is 77.1 Å². The number of aliphatic hydroxyl groups excluding tert-OH is 1. The molecule has 5 heteroatoms. The van der Waals surface area contributed by atoms with Gasteiger partial charge in [-0.3, -0.25) is 9.59 Å². The van der Waals surface area contributed by atoms with Crippen LogP contribution >= 0.6 is 0 Å². The molecule has 0 saturated carbocycles. The third-order valence-electron chi connectivity index (χ3n) is 7.29. The number of carbonyl (C=O) groups excluding carboxylic acids is 2. The second-order valence-electron chi connectivity index (χ2n) is 11.9. The van der Waals surface area contributed by atoms with Crippen LogP contribution in [0.4, 0.5) is 0 Å². The molecule has 1 N–H and O–H groups in total. The molecule has 1 aliphatic heterocycles. The summed E-state index contributed by atoms with van der Waals surface area (Å²) < 4.78 is 5.85. The Labute approximate surface area is 232 Å². The lowest BCUT2D eigenvalue weighted by molar-refractivity contribution is -0.140. The molecule has 0 spiro atoms. The number of nitrogens with zero attached hydrogens (tertiary/aromatic N) is 1. The molecule has 204 valence electrons. The van der Waals surface area contributed by atoms with E-state index >= 15 is 0 Å². The molecule has 1 fully saturated rings. The molecule has 3 aromatic rings. The highest BCUT2D eigenvalue weighted by Gasteiger charge is 2.46. The molecule has 5 nitrogen and oxygen atoms in total. The first-order valence-corrected chi connectivity index (χ1v) is 13.5. The number of aliphatic hydroxyl groups is 1. The van der Waals surface area contributed by atoms with Crippen LogP contribution in [0.15, 0.2) is 66.2 Å². The maximum atomic E-state index is 13.5. The molecule has 39 heavy (non-hydrogen) atoms. The van der Waals surface area contributed by atoms with Crippen molar-refractivity contribution in [2.24, 2.45) is 0 Å². The average Bonchev–Trinajstić information content (AvgIpc) is 3.11. The van der Waals surface area contributed by atoms with Crippen LogP contribution in [0.5, 0.6) is 5.75 Å². The van der Waals surface area contributed by atoms with E-state index in [4.69, 9.17) is 4.74 Å². The number of likely N-dealkylation sites (tertiary alicyclic amines) is 1. The highest BCUT2D eigenvalue weighted by Crippen LogP contribution is 2.41. The van der Waals surface area contributed by atoms with Gasteiger partial charge in [0.1, 0.15) is 11.5 Å². The number of hydrogen-bond donors (Lipinski definition) is 1. The summed E-state index contributed by atoms with van der Waals surface area (Å²) in [4.78, 5) is 28.6. The van der Waals surface area contributed by atoms with Crippen LogP contribution in [0.2, 0.25) is 0 Å². The number of amides is 1. The Hall–Kier alpha value is -3.86. The zero-order chi connectivity index (χ0) is 28.6. The van der Waals surface area contributed by atoms with E-state index in [9.17, 15) is 14.7 Å². The summed E-state index contributed by atoms with van der Waals surface area (Å²) in [5, 5.41) is 11.5. The lowest BCUT2D eigenvalue weighted by Crippen LogP contribution is -2.29. The van der Waals surface area contributed by atoms with Crippen LogP contribution in [-0.4, -0.2) is 27.8 Å². The largest absolute Gasteiger partial charge is 0.507 e. The van der Waals surface area contributed by atoms with Crippen LogP contribution in [0.25, 0.3) is 5.76 Å². The van der Waals surface area contributed by atoms with Gasteiger partial charge in [-0.15, -0.1) is 0 Å². The number of rotatable bonds is 6. The van der Waals surface area contributed by atoms with Crippen molar-refractivity contribution in [1.29, 1.82) is 0 Å². The predicted molar refractivity (Wildman–Crippen MR) is 156 cm³/mol. The van der Waals surface area contributed by atoms with Crippen molar-refractivity contribution in [3.05, 3.63) is 105 Å². The van der Waals surface area contributed by atoms with Gasteiger partial charge in [0, 0.05) is 12.1 Å². The number of ether oxygens (including phenoxy) is 1. The Morgan fingerprint density at radius 2 is 1.59 bits per heavy atom. The van der Waals surface area contributed by atoms with Crippen LogP contribution in [0, 0.1) is 20.8 Å². The standard InChI is InChI=1S/C34H39NO4/c1-20(2)39-28-16-13-25(18-23(28)5)31(36)29-30(24-11-14-27(15-12-24)34(6,7)8)35(33(38)32(29)37)19-26-17-21(3)9-10-22(26)4/h9-18,20,30,36H,19H2,1-8H3/b31-29-. The molecule has 0 aromatic heterocycles. The quantitative estimate of drug-likeness (QED) is 0.208. The lowest BCUT2D eigenvalue weighted by Gasteiger charge is -2.27. The van der Waals surface area contributed by atoms with E-state index in [1.54, 1.807) is 23.1 Å². The average molecular weight is 526 g/mol. The number of Topliss-reactive ketones (excluding diaryl/α,β-unsaturated/α-hetero) is 1.